The number of anilines is 1. The summed E-state index contributed by atoms with van der Waals surface area (Å²) in [5.74, 6) is 0. The van der Waals surface area contributed by atoms with Crippen LogP contribution in [-0.2, 0) is 16.4 Å². The molecule has 118 valence electrons. The maximum absolute atomic E-state index is 12.5. The summed E-state index contributed by atoms with van der Waals surface area (Å²) in [4.78, 5) is 2.50. The minimum atomic E-state index is -3.44. The number of nitrogens with one attached hydrogen (secondary N) is 2. The molecule has 1 aromatic carbocycles. The maximum atomic E-state index is 12.5. The summed E-state index contributed by atoms with van der Waals surface area (Å²) in [6, 6.07) is 3.61. The predicted molar refractivity (Wildman–Crippen MR) is 86.3 cm³/mol. The SMILES string of the molecule is CCN(C)CCNS(=O)(=O)c1ccc(C)c2c1CCCN2. The lowest BCUT2D eigenvalue weighted by molar-refractivity contribution is 0.358. The van der Waals surface area contributed by atoms with Crippen molar-refractivity contribution in [3.8, 4) is 0 Å². The highest BCUT2D eigenvalue weighted by molar-refractivity contribution is 7.89. The van der Waals surface area contributed by atoms with Crippen molar-refractivity contribution in [3.63, 3.8) is 0 Å². The molecule has 0 bridgehead atoms. The molecule has 0 saturated carbocycles. The number of hydrogen-bond donors (Lipinski definition) is 2. The first kappa shape index (κ1) is 16.3. The summed E-state index contributed by atoms with van der Waals surface area (Å²) in [7, 11) is -1.46. The van der Waals surface area contributed by atoms with Gasteiger partial charge in [0.25, 0.3) is 0 Å². The van der Waals surface area contributed by atoms with Gasteiger partial charge >= 0.3 is 0 Å². The summed E-state index contributed by atoms with van der Waals surface area (Å²) >= 11 is 0. The molecule has 0 unspecified atom stereocenters. The van der Waals surface area contributed by atoms with Crippen LogP contribution in [0.15, 0.2) is 17.0 Å². The Balaban J connectivity index is 2.20. The van der Waals surface area contributed by atoms with E-state index in [1.165, 1.54) is 0 Å². The van der Waals surface area contributed by atoms with Gasteiger partial charge in [-0.05, 0) is 50.6 Å². The van der Waals surface area contributed by atoms with E-state index in [0.29, 0.717) is 18.0 Å². The van der Waals surface area contributed by atoms with Crippen LogP contribution >= 0.6 is 0 Å². The Kier molecular flexibility index (Phi) is 5.24. The first-order valence-corrected chi connectivity index (χ1v) is 8.98. The number of fused-ring (bicyclic) bond motifs is 1. The molecule has 1 heterocycles. The first-order chi connectivity index (χ1) is 9.95. The Morgan fingerprint density at radius 1 is 1.38 bits per heavy atom. The molecule has 0 aromatic heterocycles. The van der Waals surface area contributed by atoms with E-state index in [9.17, 15) is 8.42 Å². The third-order valence-electron chi connectivity index (χ3n) is 4.00. The molecule has 1 aromatic rings. The van der Waals surface area contributed by atoms with E-state index in [1.807, 2.05) is 20.0 Å². The second-order valence-electron chi connectivity index (χ2n) is 5.56. The highest BCUT2D eigenvalue weighted by Crippen LogP contribution is 2.31. The van der Waals surface area contributed by atoms with Crippen LogP contribution in [0.25, 0.3) is 0 Å². The average molecular weight is 311 g/mol. The molecule has 0 fully saturated rings. The van der Waals surface area contributed by atoms with Gasteiger partial charge in [-0.3, -0.25) is 0 Å². The fraction of sp³-hybridized carbons (Fsp3) is 0.600. The van der Waals surface area contributed by atoms with Crippen LogP contribution in [0, 0.1) is 6.92 Å². The maximum Gasteiger partial charge on any atom is 0.240 e. The topological polar surface area (TPSA) is 61.4 Å². The summed E-state index contributed by atoms with van der Waals surface area (Å²) in [5, 5.41) is 3.33. The van der Waals surface area contributed by atoms with Crippen molar-refractivity contribution in [2.24, 2.45) is 0 Å². The molecule has 6 heteroatoms. The molecule has 21 heavy (non-hydrogen) atoms. The molecule has 0 aliphatic carbocycles. The molecule has 1 aliphatic heterocycles. The lowest BCUT2D eigenvalue weighted by atomic mass is 10.00. The third kappa shape index (κ3) is 3.75. The Labute approximate surface area is 127 Å². The minimum Gasteiger partial charge on any atom is -0.385 e. The fourth-order valence-electron chi connectivity index (χ4n) is 2.58. The lowest BCUT2D eigenvalue weighted by Crippen LogP contribution is -2.33. The van der Waals surface area contributed by atoms with Gasteiger partial charge in [-0.1, -0.05) is 13.0 Å². The van der Waals surface area contributed by atoms with E-state index in [1.54, 1.807) is 6.07 Å². The van der Waals surface area contributed by atoms with Crippen molar-refractivity contribution in [3.05, 3.63) is 23.3 Å². The van der Waals surface area contributed by atoms with Crippen LogP contribution < -0.4 is 10.0 Å². The smallest absolute Gasteiger partial charge is 0.240 e. The number of rotatable bonds is 6. The Morgan fingerprint density at radius 3 is 2.86 bits per heavy atom. The predicted octanol–water partition coefficient (Wildman–Crippen LogP) is 1.58. The van der Waals surface area contributed by atoms with Crippen molar-refractivity contribution in [1.29, 1.82) is 0 Å². The van der Waals surface area contributed by atoms with Gasteiger partial charge in [-0.25, -0.2) is 13.1 Å². The summed E-state index contributed by atoms with van der Waals surface area (Å²) in [6.07, 6.45) is 1.78. The monoisotopic (exact) mass is 311 g/mol. The largest absolute Gasteiger partial charge is 0.385 e. The van der Waals surface area contributed by atoms with Crippen molar-refractivity contribution >= 4 is 15.7 Å². The van der Waals surface area contributed by atoms with Crippen molar-refractivity contribution in [1.82, 2.24) is 9.62 Å². The van der Waals surface area contributed by atoms with Gasteiger partial charge in [0.05, 0.1) is 4.90 Å². The Bertz CT molecular complexity index is 599. The molecule has 0 saturated heterocycles. The number of likely N-dealkylation sites (N-methyl/N-ethyl adjacent to an activating group) is 1. The zero-order chi connectivity index (χ0) is 15.5. The second-order valence-corrected chi connectivity index (χ2v) is 7.29. The molecule has 5 nitrogen and oxygen atoms in total. The zero-order valence-corrected chi connectivity index (χ0v) is 13.9. The minimum absolute atomic E-state index is 0.425. The van der Waals surface area contributed by atoms with Crippen LogP contribution in [0.3, 0.4) is 0 Å². The number of hydrogen-bond acceptors (Lipinski definition) is 4. The van der Waals surface area contributed by atoms with E-state index in [2.05, 4.69) is 21.9 Å². The molecule has 2 rings (SSSR count). The van der Waals surface area contributed by atoms with Crippen molar-refractivity contribution in [2.45, 2.75) is 31.6 Å². The van der Waals surface area contributed by atoms with E-state index in [4.69, 9.17) is 0 Å². The normalized spacial score (nSPS) is 14.9. The fourth-order valence-corrected chi connectivity index (χ4v) is 3.87. The molecule has 0 atom stereocenters. The van der Waals surface area contributed by atoms with Gasteiger partial charge in [0.2, 0.25) is 10.0 Å². The Hall–Kier alpha value is -1.11. The standard InChI is InChI=1S/C15H25N3O2S/c1-4-18(3)11-10-17-21(19,20)14-8-7-12(2)15-13(14)6-5-9-16-15/h7-8,16-17H,4-6,9-11H2,1-3H3. The highest BCUT2D eigenvalue weighted by Gasteiger charge is 2.23. The summed E-state index contributed by atoms with van der Waals surface area (Å²) in [5.41, 5.74) is 3.03. The van der Waals surface area contributed by atoms with Gasteiger partial charge in [-0.2, -0.15) is 0 Å². The highest BCUT2D eigenvalue weighted by atomic mass is 32.2. The zero-order valence-electron chi connectivity index (χ0n) is 13.1. The summed E-state index contributed by atoms with van der Waals surface area (Å²) in [6.45, 7) is 7.02. The molecular weight excluding hydrogens is 286 g/mol. The molecule has 0 amide bonds. The van der Waals surface area contributed by atoms with Crippen LogP contribution in [0.5, 0.6) is 0 Å². The number of nitrogens with zero attached hydrogens (tertiary/aromatic N) is 1. The first-order valence-electron chi connectivity index (χ1n) is 7.50. The molecule has 0 radical (unpaired) electrons. The van der Waals surface area contributed by atoms with Crippen molar-refractivity contribution < 1.29 is 8.42 Å². The Morgan fingerprint density at radius 2 is 2.14 bits per heavy atom. The van der Waals surface area contributed by atoms with Gasteiger partial charge in [0, 0.05) is 25.3 Å². The van der Waals surface area contributed by atoms with Gasteiger partial charge in [0.15, 0.2) is 0 Å². The van der Waals surface area contributed by atoms with E-state index >= 15 is 0 Å². The summed E-state index contributed by atoms with van der Waals surface area (Å²) < 4.78 is 27.8. The number of sulfonamides is 1. The lowest BCUT2D eigenvalue weighted by Gasteiger charge is -2.23. The molecule has 2 N–H and O–H groups in total. The third-order valence-corrected chi connectivity index (χ3v) is 5.54. The van der Waals surface area contributed by atoms with Gasteiger partial charge in [0.1, 0.15) is 0 Å². The van der Waals surface area contributed by atoms with Gasteiger partial charge in [-0.15, -0.1) is 0 Å². The number of benzene rings is 1. The number of aryl methyl sites for hydroxylation is 1. The van der Waals surface area contributed by atoms with Crippen LogP contribution in [0.4, 0.5) is 5.69 Å². The quantitative estimate of drug-likeness (QED) is 0.837. The van der Waals surface area contributed by atoms with Crippen LogP contribution in [0.1, 0.15) is 24.5 Å². The van der Waals surface area contributed by atoms with E-state index in [-0.39, 0.29) is 0 Å². The second kappa shape index (κ2) is 6.77. The van der Waals surface area contributed by atoms with E-state index in [0.717, 1.165) is 42.7 Å². The van der Waals surface area contributed by atoms with Crippen LogP contribution in [-0.4, -0.2) is 46.5 Å². The van der Waals surface area contributed by atoms with E-state index < -0.39 is 10.0 Å². The van der Waals surface area contributed by atoms with Crippen molar-refractivity contribution in [2.75, 3.05) is 38.5 Å². The average Bonchev–Trinajstić information content (AvgIpc) is 2.47. The van der Waals surface area contributed by atoms with Crippen LogP contribution in [0.2, 0.25) is 0 Å². The van der Waals surface area contributed by atoms with Gasteiger partial charge < -0.3 is 10.2 Å². The molecule has 1 aliphatic rings. The molecular formula is C15H25N3O2S. The molecule has 0 spiro atoms.